The van der Waals surface area contributed by atoms with Crippen LogP contribution in [-0.2, 0) is 15.7 Å². The van der Waals surface area contributed by atoms with Gasteiger partial charge >= 0.3 is 0 Å². The van der Waals surface area contributed by atoms with Gasteiger partial charge in [0.15, 0.2) is 21.5 Å². The van der Waals surface area contributed by atoms with Crippen molar-refractivity contribution in [1.82, 2.24) is 30.0 Å². The number of sulfone groups is 1. The van der Waals surface area contributed by atoms with E-state index < -0.39 is 9.84 Å². The van der Waals surface area contributed by atoms with Crippen LogP contribution in [0.3, 0.4) is 0 Å². The molecular weight excluding hydrogens is 412 g/mol. The first-order chi connectivity index (χ1) is 15.0. The van der Waals surface area contributed by atoms with Gasteiger partial charge in [-0.2, -0.15) is 0 Å². The Morgan fingerprint density at radius 2 is 1.65 bits per heavy atom. The summed E-state index contributed by atoms with van der Waals surface area (Å²) in [7, 11) is -3.59. The molecule has 1 aliphatic rings. The highest BCUT2D eigenvalue weighted by molar-refractivity contribution is 7.90. The molecule has 9 heteroatoms. The van der Waals surface area contributed by atoms with Crippen LogP contribution in [0.25, 0.3) is 0 Å². The lowest BCUT2D eigenvalue weighted by Crippen LogP contribution is -2.48. The zero-order valence-corrected chi connectivity index (χ0v) is 18.7. The number of hydrogen-bond acceptors (Lipinski definition) is 7. The van der Waals surface area contributed by atoms with Crippen molar-refractivity contribution >= 4 is 9.84 Å². The fourth-order valence-electron chi connectivity index (χ4n) is 3.98. The monoisotopic (exact) mass is 440 g/mol. The van der Waals surface area contributed by atoms with Gasteiger partial charge in [-0.25, -0.2) is 13.1 Å². The molecule has 0 aliphatic carbocycles. The normalized spacial score (nSPS) is 17.0. The second-order valence-corrected chi connectivity index (χ2v) is 9.84. The lowest BCUT2D eigenvalue weighted by Gasteiger charge is -2.38. The predicted molar refractivity (Wildman–Crippen MR) is 118 cm³/mol. The number of rotatable bonds is 7. The van der Waals surface area contributed by atoms with Gasteiger partial charge in [0.25, 0.3) is 0 Å². The maximum Gasteiger partial charge on any atom is 0.198 e. The van der Waals surface area contributed by atoms with Crippen LogP contribution < -0.4 is 0 Å². The van der Waals surface area contributed by atoms with Crippen LogP contribution in [0.2, 0.25) is 0 Å². The fraction of sp³-hybridized carbons (Fsp3) is 0.409. The Bertz CT molecular complexity index is 1090. The van der Waals surface area contributed by atoms with E-state index in [1.54, 1.807) is 24.3 Å². The molecule has 1 unspecified atom stereocenters. The lowest BCUT2D eigenvalue weighted by atomic mass is 10.0. The average Bonchev–Trinajstić information content (AvgIpc) is 3.22. The number of likely N-dealkylation sites (N-methyl/N-ethyl adjacent to an activating group) is 1. The molecule has 3 aromatic rings. The quantitative estimate of drug-likeness (QED) is 0.556. The number of piperazine rings is 1. The molecular formula is C22H28N6O2S. The molecule has 1 atom stereocenters. The summed E-state index contributed by atoms with van der Waals surface area (Å²) in [5, 5.41) is 12.2. The summed E-state index contributed by atoms with van der Waals surface area (Å²) >= 11 is 0. The number of aromatic nitrogens is 4. The van der Waals surface area contributed by atoms with E-state index in [4.69, 9.17) is 0 Å². The van der Waals surface area contributed by atoms with Crippen LogP contribution in [0.15, 0.2) is 59.5 Å². The highest BCUT2D eigenvalue weighted by Gasteiger charge is 2.31. The summed E-state index contributed by atoms with van der Waals surface area (Å²) in [6, 6.07) is 16.7. The van der Waals surface area contributed by atoms with Crippen LogP contribution in [0.4, 0.5) is 0 Å². The molecule has 2 aromatic carbocycles. The van der Waals surface area contributed by atoms with E-state index >= 15 is 0 Å². The van der Waals surface area contributed by atoms with Crippen LogP contribution >= 0.6 is 0 Å². The standard InChI is InChI=1S/C22H28N6O2S/c1-3-26-13-15-27(16-14-26)21(19-7-5-4-6-8-19)22-23-24-25-28(22)17-31(29,30)20-11-9-18(2)10-12-20/h4-12,21H,3,13-17H2,1-2H3. The minimum absolute atomic E-state index is 0.205. The summed E-state index contributed by atoms with van der Waals surface area (Å²) in [5.41, 5.74) is 2.06. The van der Waals surface area contributed by atoms with Gasteiger partial charge in [0.05, 0.1) is 10.9 Å². The molecule has 4 rings (SSSR count). The molecule has 0 radical (unpaired) electrons. The molecule has 1 saturated heterocycles. The maximum absolute atomic E-state index is 13.0. The second kappa shape index (κ2) is 9.25. The zero-order chi connectivity index (χ0) is 21.8. The van der Waals surface area contributed by atoms with Gasteiger partial charge in [-0.15, -0.1) is 5.10 Å². The molecule has 0 N–H and O–H groups in total. The Hall–Kier alpha value is -2.62. The number of hydrogen-bond donors (Lipinski definition) is 0. The van der Waals surface area contributed by atoms with E-state index in [2.05, 4.69) is 32.2 Å². The van der Waals surface area contributed by atoms with E-state index in [1.807, 2.05) is 37.3 Å². The largest absolute Gasteiger partial charge is 0.301 e. The number of benzene rings is 2. The van der Waals surface area contributed by atoms with Crippen molar-refractivity contribution < 1.29 is 8.42 Å². The maximum atomic E-state index is 13.0. The lowest BCUT2D eigenvalue weighted by molar-refractivity contribution is 0.109. The molecule has 164 valence electrons. The van der Waals surface area contributed by atoms with Crippen molar-refractivity contribution in [3.05, 3.63) is 71.5 Å². The third kappa shape index (κ3) is 4.84. The Balaban J connectivity index is 1.66. The average molecular weight is 441 g/mol. The molecule has 31 heavy (non-hydrogen) atoms. The third-order valence-corrected chi connectivity index (χ3v) is 7.39. The molecule has 1 aromatic heterocycles. The van der Waals surface area contributed by atoms with Gasteiger partial charge < -0.3 is 4.90 Å². The first-order valence-electron chi connectivity index (χ1n) is 10.5. The SMILES string of the molecule is CCN1CCN(C(c2ccccc2)c2nnnn2CS(=O)(=O)c2ccc(C)cc2)CC1. The van der Waals surface area contributed by atoms with Crippen molar-refractivity contribution in [2.24, 2.45) is 0 Å². The van der Waals surface area contributed by atoms with Gasteiger partial charge in [0.1, 0.15) is 0 Å². The minimum Gasteiger partial charge on any atom is -0.301 e. The molecule has 1 aliphatic heterocycles. The van der Waals surface area contributed by atoms with Crippen LogP contribution in [0, 0.1) is 6.92 Å². The molecule has 0 amide bonds. The summed E-state index contributed by atoms with van der Waals surface area (Å²) in [6.07, 6.45) is 0. The topological polar surface area (TPSA) is 84.2 Å². The van der Waals surface area contributed by atoms with E-state index in [-0.39, 0.29) is 16.8 Å². The smallest absolute Gasteiger partial charge is 0.198 e. The number of nitrogens with zero attached hydrogens (tertiary/aromatic N) is 6. The minimum atomic E-state index is -3.59. The molecule has 1 fully saturated rings. The Morgan fingerprint density at radius 3 is 2.29 bits per heavy atom. The van der Waals surface area contributed by atoms with E-state index in [0.717, 1.165) is 43.9 Å². The van der Waals surface area contributed by atoms with E-state index in [1.165, 1.54) is 4.68 Å². The summed E-state index contributed by atoms with van der Waals surface area (Å²) in [5.74, 6) is 0.253. The zero-order valence-electron chi connectivity index (χ0n) is 17.9. The molecule has 2 heterocycles. The summed E-state index contributed by atoms with van der Waals surface area (Å²) < 4.78 is 27.5. The Morgan fingerprint density at radius 1 is 0.968 bits per heavy atom. The highest BCUT2D eigenvalue weighted by atomic mass is 32.2. The summed E-state index contributed by atoms with van der Waals surface area (Å²) in [4.78, 5) is 5.01. The molecule has 8 nitrogen and oxygen atoms in total. The van der Waals surface area contributed by atoms with Crippen LogP contribution in [-0.4, -0.2) is 71.1 Å². The molecule has 0 spiro atoms. The summed E-state index contributed by atoms with van der Waals surface area (Å²) in [6.45, 7) is 8.78. The fourth-order valence-corrected chi connectivity index (χ4v) is 5.18. The predicted octanol–water partition coefficient (Wildman–Crippen LogP) is 2.14. The Kier molecular flexibility index (Phi) is 6.45. The Labute approximate surface area is 183 Å². The van der Waals surface area contributed by atoms with Crippen molar-refractivity contribution in [3.8, 4) is 0 Å². The molecule has 0 bridgehead atoms. The highest BCUT2D eigenvalue weighted by Crippen LogP contribution is 2.28. The first kappa shape index (κ1) is 21.6. The second-order valence-electron chi connectivity index (χ2n) is 7.88. The molecule has 0 saturated carbocycles. The third-order valence-electron chi connectivity index (χ3n) is 5.81. The first-order valence-corrected chi connectivity index (χ1v) is 12.2. The van der Waals surface area contributed by atoms with Gasteiger partial charge in [-0.3, -0.25) is 4.90 Å². The van der Waals surface area contributed by atoms with Gasteiger partial charge in [-0.1, -0.05) is 55.0 Å². The van der Waals surface area contributed by atoms with Crippen molar-refractivity contribution in [3.63, 3.8) is 0 Å². The number of tetrazole rings is 1. The van der Waals surface area contributed by atoms with Crippen molar-refractivity contribution in [2.75, 3.05) is 32.7 Å². The van der Waals surface area contributed by atoms with Crippen LogP contribution in [0.1, 0.15) is 29.9 Å². The van der Waals surface area contributed by atoms with Crippen LogP contribution in [0.5, 0.6) is 0 Å². The van der Waals surface area contributed by atoms with E-state index in [0.29, 0.717) is 5.82 Å². The van der Waals surface area contributed by atoms with E-state index in [9.17, 15) is 8.42 Å². The van der Waals surface area contributed by atoms with Crippen molar-refractivity contribution in [1.29, 1.82) is 0 Å². The van der Waals surface area contributed by atoms with Gasteiger partial charge in [-0.05, 0) is 41.6 Å². The van der Waals surface area contributed by atoms with Gasteiger partial charge in [0.2, 0.25) is 0 Å². The van der Waals surface area contributed by atoms with Crippen molar-refractivity contribution in [2.45, 2.75) is 30.7 Å². The number of aryl methyl sites for hydroxylation is 1. The van der Waals surface area contributed by atoms with Gasteiger partial charge in [0, 0.05) is 26.2 Å².